The molecule has 1 aromatic carbocycles. The number of carbonyl (C=O) groups is 1. The molecule has 1 N–H and O–H groups in total. The average molecular weight is 346 g/mol. The van der Waals surface area contributed by atoms with E-state index < -0.39 is 0 Å². The number of nitrogens with one attached hydrogen (secondary N) is 1. The van der Waals surface area contributed by atoms with E-state index in [-0.39, 0.29) is 5.91 Å². The average Bonchev–Trinajstić information content (AvgIpc) is 2.41. The van der Waals surface area contributed by atoms with Gasteiger partial charge in [-0.2, -0.15) is 0 Å². The number of carbonyl (C=O) groups excluding carboxylic acids is 1. The minimum absolute atomic E-state index is 0.0913. The number of hydrogen-bond acceptors (Lipinski definition) is 3. The molecule has 0 saturated carbocycles. The smallest absolute Gasteiger partial charge is 0.230 e. The molecule has 0 bridgehead atoms. The van der Waals surface area contributed by atoms with Gasteiger partial charge in [-0.3, -0.25) is 4.79 Å². The summed E-state index contributed by atoms with van der Waals surface area (Å²) in [7, 11) is 0. The van der Waals surface area contributed by atoms with Gasteiger partial charge in [0.1, 0.15) is 0 Å². The molecule has 1 rings (SSSR count). The highest BCUT2D eigenvalue weighted by Gasteiger charge is 2.03. The Labute approximate surface area is 127 Å². The summed E-state index contributed by atoms with van der Waals surface area (Å²) in [5, 5.41) is 2.89. The van der Waals surface area contributed by atoms with Gasteiger partial charge < -0.3 is 10.1 Å². The first-order valence-corrected chi connectivity index (χ1v) is 8.34. The molecule has 0 radical (unpaired) electrons. The topological polar surface area (TPSA) is 38.3 Å². The lowest BCUT2D eigenvalue weighted by atomic mass is 10.2. The van der Waals surface area contributed by atoms with Crippen molar-refractivity contribution in [1.29, 1.82) is 0 Å². The van der Waals surface area contributed by atoms with Crippen molar-refractivity contribution in [3.05, 3.63) is 34.3 Å². The third-order valence-electron chi connectivity index (χ3n) is 2.44. The largest absolute Gasteiger partial charge is 0.382 e. The summed E-state index contributed by atoms with van der Waals surface area (Å²) in [6, 6.07) is 8.08. The molecule has 0 aromatic heterocycles. The zero-order valence-corrected chi connectivity index (χ0v) is 13.6. The Morgan fingerprint density at radius 2 is 2.21 bits per heavy atom. The minimum atomic E-state index is 0.0913. The monoisotopic (exact) mass is 345 g/mol. The van der Waals surface area contributed by atoms with Crippen LogP contribution in [-0.4, -0.2) is 31.4 Å². The number of benzene rings is 1. The second-order valence-corrected chi connectivity index (χ2v) is 5.82. The molecule has 3 nitrogen and oxygen atoms in total. The molecule has 0 spiro atoms. The zero-order chi connectivity index (χ0) is 13.9. The fraction of sp³-hybridized carbons (Fsp3) is 0.500. The highest BCUT2D eigenvalue weighted by Crippen LogP contribution is 2.20. The lowest BCUT2D eigenvalue weighted by molar-refractivity contribution is -0.118. The molecule has 0 unspecified atom stereocenters. The predicted molar refractivity (Wildman–Crippen MR) is 84.4 cm³/mol. The third kappa shape index (κ3) is 7.60. The van der Waals surface area contributed by atoms with Gasteiger partial charge >= 0.3 is 0 Å². The van der Waals surface area contributed by atoms with Gasteiger partial charge in [0, 0.05) is 30.0 Å². The second kappa shape index (κ2) is 10.3. The van der Waals surface area contributed by atoms with Crippen LogP contribution in [0.2, 0.25) is 0 Å². The van der Waals surface area contributed by atoms with Gasteiger partial charge in [-0.1, -0.05) is 34.1 Å². The Morgan fingerprint density at radius 3 is 2.95 bits per heavy atom. The van der Waals surface area contributed by atoms with E-state index in [9.17, 15) is 4.79 Å². The van der Waals surface area contributed by atoms with Crippen LogP contribution in [0.5, 0.6) is 0 Å². The van der Waals surface area contributed by atoms with E-state index >= 15 is 0 Å². The van der Waals surface area contributed by atoms with Gasteiger partial charge in [0.25, 0.3) is 0 Å². The van der Waals surface area contributed by atoms with Crippen LogP contribution in [0, 0.1) is 0 Å². The fourth-order valence-electron chi connectivity index (χ4n) is 1.47. The predicted octanol–water partition coefficient (Wildman–Crippen LogP) is 3.23. The number of halogens is 1. The summed E-state index contributed by atoms with van der Waals surface area (Å²) in [5.41, 5.74) is 1.22. The van der Waals surface area contributed by atoms with Crippen molar-refractivity contribution in [1.82, 2.24) is 5.32 Å². The van der Waals surface area contributed by atoms with Crippen LogP contribution in [0.3, 0.4) is 0 Å². The normalized spacial score (nSPS) is 10.4. The number of thioether (sulfide) groups is 1. The van der Waals surface area contributed by atoms with Crippen LogP contribution < -0.4 is 5.32 Å². The zero-order valence-electron chi connectivity index (χ0n) is 11.2. The molecule has 0 aliphatic rings. The summed E-state index contributed by atoms with van der Waals surface area (Å²) in [4.78, 5) is 11.6. The van der Waals surface area contributed by atoms with E-state index in [2.05, 4.69) is 27.3 Å². The third-order valence-corrected chi connectivity index (χ3v) is 4.20. The molecule has 19 heavy (non-hydrogen) atoms. The molecular formula is C14H20BrNO2S. The van der Waals surface area contributed by atoms with Crippen LogP contribution in [0.25, 0.3) is 0 Å². The number of amides is 1. The standard InChI is InChI=1S/C14H20BrNO2S/c1-2-18-9-5-8-16-14(17)11-19-10-12-6-3-4-7-13(12)15/h3-4,6-7H,2,5,8-11H2,1H3,(H,16,17). The maximum Gasteiger partial charge on any atom is 0.230 e. The van der Waals surface area contributed by atoms with E-state index in [1.165, 1.54) is 5.56 Å². The lowest BCUT2D eigenvalue weighted by Gasteiger charge is -2.06. The molecule has 106 valence electrons. The van der Waals surface area contributed by atoms with Gasteiger partial charge in [0.2, 0.25) is 5.91 Å². The van der Waals surface area contributed by atoms with Crippen LogP contribution in [-0.2, 0) is 15.3 Å². The van der Waals surface area contributed by atoms with Crippen LogP contribution in [0.1, 0.15) is 18.9 Å². The first-order valence-electron chi connectivity index (χ1n) is 6.39. The minimum Gasteiger partial charge on any atom is -0.382 e. The summed E-state index contributed by atoms with van der Waals surface area (Å²) < 4.78 is 6.30. The molecule has 0 aliphatic carbocycles. The Bertz CT molecular complexity index is 387. The molecule has 0 heterocycles. The lowest BCUT2D eigenvalue weighted by Crippen LogP contribution is -2.26. The number of ether oxygens (including phenoxy) is 1. The summed E-state index contributed by atoms with van der Waals surface area (Å²) in [6.45, 7) is 4.10. The molecule has 0 fully saturated rings. The van der Waals surface area contributed by atoms with Gasteiger partial charge in [-0.05, 0) is 25.0 Å². The highest BCUT2D eigenvalue weighted by atomic mass is 79.9. The van der Waals surface area contributed by atoms with Crippen molar-refractivity contribution < 1.29 is 9.53 Å². The molecule has 0 atom stereocenters. The van der Waals surface area contributed by atoms with Crippen molar-refractivity contribution in [2.24, 2.45) is 0 Å². The Balaban J connectivity index is 2.09. The highest BCUT2D eigenvalue weighted by molar-refractivity contribution is 9.10. The van der Waals surface area contributed by atoms with Crippen molar-refractivity contribution in [3.63, 3.8) is 0 Å². The molecule has 1 aromatic rings. The Hall–Kier alpha value is -0.520. The van der Waals surface area contributed by atoms with Crippen LogP contribution >= 0.6 is 27.7 Å². The quantitative estimate of drug-likeness (QED) is 0.698. The van der Waals surface area contributed by atoms with Crippen LogP contribution in [0.4, 0.5) is 0 Å². The first kappa shape index (κ1) is 16.5. The number of hydrogen-bond donors (Lipinski definition) is 1. The second-order valence-electron chi connectivity index (χ2n) is 3.98. The van der Waals surface area contributed by atoms with Crippen molar-refractivity contribution >= 4 is 33.6 Å². The van der Waals surface area contributed by atoms with E-state index in [0.717, 1.165) is 23.3 Å². The Kier molecular flexibility index (Phi) is 8.95. The van der Waals surface area contributed by atoms with Gasteiger partial charge in [-0.15, -0.1) is 11.8 Å². The molecule has 5 heteroatoms. The van der Waals surface area contributed by atoms with Crippen LogP contribution in [0.15, 0.2) is 28.7 Å². The first-order chi connectivity index (χ1) is 9.24. The fourth-order valence-corrected chi connectivity index (χ4v) is 2.94. The van der Waals surface area contributed by atoms with Gasteiger partial charge in [-0.25, -0.2) is 0 Å². The van der Waals surface area contributed by atoms with Crippen molar-refractivity contribution in [2.75, 3.05) is 25.5 Å². The summed E-state index contributed by atoms with van der Waals surface area (Å²) >= 11 is 5.13. The molecule has 1 amide bonds. The molecule has 0 aliphatic heterocycles. The van der Waals surface area contributed by atoms with Gasteiger partial charge in [0.05, 0.1) is 5.75 Å². The molecule has 0 saturated heterocycles. The van der Waals surface area contributed by atoms with E-state index in [1.54, 1.807) is 11.8 Å². The van der Waals surface area contributed by atoms with Crippen molar-refractivity contribution in [2.45, 2.75) is 19.1 Å². The van der Waals surface area contributed by atoms with Crippen molar-refractivity contribution in [3.8, 4) is 0 Å². The van der Waals surface area contributed by atoms with E-state index in [4.69, 9.17) is 4.74 Å². The summed E-state index contributed by atoms with van der Waals surface area (Å²) in [5.74, 6) is 1.43. The maximum absolute atomic E-state index is 11.6. The maximum atomic E-state index is 11.6. The number of rotatable bonds is 9. The SMILES string of the molecule is CCOCCCNC(=O)CSCc1ccccc1Br. The Morgan fingerprint density at radius 1 is 1.42 bits per heavy atom. The van der Waals surface area contributed by atoms with Gasteiger partial charge in [0.15, 0.2) is 0 Å². The summed E-state index contributed by atoms with van der Waals surface area (Å²) in [6.07, 6.45) is 0.870. The molecular weight excluding hydrogens is 326 g/mol. The van der Waals surface area contributed by atoms with E-state index in [1.807, 2.05) is 25.1 Å². The van der Waals surface area contributed by atoms with E-state index in [0.29, 0.717) is 18.9 Å².